The van der Waals surface area contributed by atoms with Crippen LogP contribution in [0.4, 0.5) is 9.59 Å². The van der Waals surface area contributed by atoms with Crippen LogP contribution in [0.25, 0.3) is 0 Å². The Hall–Kier alpha value is -2.01. The lowest BCUT2D eigenvalue weighted by atomic mass is 9.42. The molecule has 3 N–H and O–H groups in total. The Morgan fingerprint density at radius 1 is 1.00 bits per heavy atom. The van der Waals surface area contributed by atoms with E-state index in [0.29, 0.717) is 0 Å². The molecule has 5 unspecified atom stereocenters. The minimum absolute atomic E-state index is 0.0843. The summed E-state index contributed by atoms with van der Waals surface area (Å²) in [5, 5.41) is 4.49. The van der Waals surface area contributed by atoms with Crippen molar-refractivity contribution < 1.29 is 38.2 Å². The number of rotatable bonds is 3. The Bertz CT molecular complexity index is 721. The maximum atomic E-state index is 12.6. The maximum absolute atomic E-state index is 12.6. The largest absolute Gasteiger partial charge is 0.344 e. The topological polar surface area (TPSA) is 155 Å². The van der Waals surface area contributed by atoms with Crippen LogP contribution in [0, 0.1) is 10.8 Å². The van der Waals surface area contributed by atoms with Gasteiger partial charge >= 0.3 is 20.3 Å². The molecule has 1 saturated carbocycles. The van der Waals surface area contributed by atoms with Crippen molar-refractivity contribution in [1.29, 1.82) is 0 Å². The molecule has 0 spiro atoms. The molecular weight excluding hydrogens is 371 g/mol. The molecular formula is C13H17N4O8P. The van der Waals surface area contributed by atoms with Crippen LogP contribution in [-0.2, 0) is 23.7 Å². The van der Waals surface area contributed by atoms with E-state index in [9.17, 15) is 23.7 Å². The molecule has 3 saturated heterocycles. The quantitative estimate of drug-likeness (QED) is 0.302. The van der Waals surface area contributed by atoms with Crippen molar-refractivity contribution in [2.24, 2.45) is 10.8 Å². The van der Waals surface area contributed by atoms with E-state index in [1.165, 1.54) is 9.80 Å². The zero-order valence-electron chi connectivity index (χ0n) is 13.8. The number of nitrogens with zero attached hydrogens (tertiary/aromatic N) is 2. The van der Waals surface area contributed by atoms with Crippen molar-refractivity contribution in [3.63, 3.8) is 0 Å². The van der Waals surface area contributed by atoms with Gasteiger partial charge in [0.2, 0.25) is 11.8 Å². The number of hydrogen-bond donors (Lipinski definition) is 3. The highest BCUT2D eigenvalue weighted by Crippen LogP contribution is 2.63. The number of urea groups is 2. The summed E-state index contributed by atoms with van der Waals surface area (Å²) >= 11 is 0. The summed E-state index contributed by atoms with van der Waals surface area (Å²) in [5.41, 5.74) is -2.48. The number of fused-ring (bicyclic) bond motifs is 1. The molecule has 0 aromatic heterocycles. The van der Waals surface area contributed by atoms with E-state index in [1.54, 1.807) is 13.8 Å². The lowest BCUT2D eigenvalue weighted by molar-refractivity contribution is -0.247. The van der Waals surface area contributed by atoms with Crippen molar-refractivity contribution in [2.45, 2.75) is 32.0 Å². The first-order valence-electron chi connectivity index (χ1n) is 7.92. The first-order valence-corrected chi connectivity index (χ1v) is 9.19. The lowest BCUT2D eigenvalue weighted by Gasteiger charge is -2.70. The molecule has 13 heteroatoms. The van der Waals surface area contributed by atoms with Gasteiger partial charge in [-0.15, -0.1) is 0 Å². The van der Waals surface area contributed by atoms with Gasteiger partial charge in [0, 0.05) is 0 Å². The Morgan fingerprint density at radius 3 is 1.81 bits per heavy atom. The van der Waals surface area contributed by atoms with Gasteiger partial charge < -0.3 is 14.7 Å². The van der Waals surface area contributed by atoms with Crippen molar-refractivity contribution >= 4 is 32.1 Å². The van der Waals surface area contributed by atoms with Crippen LogP contribution in [0.15, 0.2) is 0 Å². The number of imide groups is 2. The predicted octanol–water partition coefficient (Wildman–Crippen LogP) is -1.43. The van der Waals surface area contributed by atoms with E-state index in [0.717, 1.165) is 0 Å². The highest BCUT2D eigenvalue weighted by atomic mass is 31.1. The second-order valence-electron chi connectivity index (χ2n) is 7.19. The molecule has 3 aliphatic heterocycles. The van der Waals surface area contributed by atoms with Crippen LogP contribution in [0.3, 0.4) is 0 Å². The van der Waals surface area contributed by atoms with Gasteiger partial charge in [0.1, 0.15) is 6.10 Å². The summed E-state index contributed by atoms with van der Waals surface area (Å²) in [5.74, 6) is -1.16. The standard InChI is InChI=1S/C13H17N4O8P/c1-12-6-7-13(12,2)9(19)15-11(21)17(7)4-5(24-25-26(22)23)3-16(6)10(20)14-8(12)18/h5-7,26H,3-4H2,1-2H3,(H,22,23)(H,14,18,20)(H,15,19,21). The summed E-state index contributed by atoms with van der Waals surface area (Å²) in [6.07, 6.45) is -0.937. The molecule has 6 amide bonds. The first-order chi connectivity index (χ1) is 12.1. The fraction of sp³-hybridized carbons (Fsp3) is 0.692. The van der Waals surface area contributed by atoms with E-state index in [1.807, 2.05) is 0 Å². The highest BCUT2D eigenvalue weighted by molar-refractivity contribution is 7.31. The number of carbonyl (C=O) groups is 4. The average molecular weight is 388 g/mol. The van der Waals surface area contributed by atoms with Gasteiger partial charge in [-0.2, -0.15) is 4.67 Å². The van der Waals surface area contributed by atoms with E-state index >= 15 is 0 Å². The third kappa shape index (κ3) is 1.87. The summed E-state index contributed by atoms with van der Waals surface area (Å²) in [6, 6.07) is -2.79. The van der Waals surface area contributed by atoms with Crippen LogP contribution in [0.5, 0.6) is 0 Å². The summed E-state index contributed by atoms with van der Waals surface area (Å²) < 4.78 is 15.1. The molecule has 3 heterocycles. The molecule has 4 rings (SSSR count). The molecule has 5 atom stereocenters. The van der Waals surface area contributed by atoms with Crippen molar-refractivity contribution in [1.82, 2.24) is 20.4 Å². The fourth-order valence-corrected chi connectivity index (χ4v) is 4.98. The Labute approximate surface area is 147 Å². The Morgan fingerprint density at radius 2 is 1.42 bits per heavy atom. The van der Waals surface area contributed by atoms with E-state index in [4.69, 9.17) is 9.78 Å². The predicted molar refractivity (Wildman–Crippen MR) is 81.5 cm³/mol. The third-order valence-corrected chi connectivity index (χ3v) is 6.43. The van der Waals surface area contributed by atoms with Gasteiger partial charge in [0.05, 0.1) is 36.0 Å². The normalized spacial score (nSPS) is 42.3. The first kappa shape index (κ1) is 17.4. The van der Waals surface area contributed by atoms with Gasteiger partial charge in [-0.1, -0.05) is 0 Å². The monoisotopic (exact) mass is 388 g/mol. The van der Waals surface area contributed by atoms with Gasteiger partial charge in [-0.05, 0) is 13.8 Å². The Balaban J connectivity index is 1.78. The fourth-order valence-electron chi connectivity index (χ4n) is 4.76. The van der Waals surface area contributed by atoms with Crippen LogP contribution in [0.2, 0.25) is 0 Å². The maximum Gasteiger partial charge on any atom is 0.344 e. The lowest BCUT2D eigenvalue weighted by Crippen LogP contribution is -2.90. The molecule has 26 heavy (non-hydrogen) atoms. The number of carbonyl (C=O) groups excluding carboxylic acids is 4. The van der Waals surface area contributed by atoms with Crippen molar-refractivity contribution in [3.05, 3.63) is 0 Å². The van der Waals surface area contributed by atoms with Gasteiger partial charge in [-0.3, -0.25) is 24.8 Å². The van der Waals surface area contributed by atoms with Gasteiger partial charge in [-0.25, -0.2) is 14.5 Å². The second kappa shape index (κ2) is 5.26. The van der Waals surface area contributed by atoms with Gasteiger partial charge in [0.15, 0.2) is 0 Å². The second-order valence-corrected chi connectivity index (χ2v) is 7.88. The molecule has 142 valence electrons. The van der Waals surface area contributed by atoms with Crippen LogP contribution in [-0.4, -0.2) is 69.8 Å². The van der Waals surface area contributed by atoms with Crippen LogP contribution < -0.4 is 10.6 Å². The molecule has 4 fully saturated rings. The zero-order chi connectivity index (χ0) is 19.0. The molecule has 0 radical (unpaired) electrons. The number of amides is 6. The summed E-state index contributed by atoms with van der Waals surface area (Å²) in [6.45, 7) is 3.00. The number of hydrogen-bond acceptors (Lipinski definition) is 7. The van der Waals surface area contributed by atoms with Crippen molar-refractivity contribution in [3.8, 4) is 0 Å². The molecule has 0 aromatic rings. The van der Waals surface area contributed by atoms with E-state index < -0.39 is 61.1 Å². The van der Waals surface area contributed by atoms with Crippen LogP contribution >= 0.6 is 8.25 Å². The summed E-state index contributed by atoms with van der Waals surface area (Å²) in [4.78, 5) is 66.3. The van der Waals surface area contributed by atoms with E-state index in [2.05, 4.69) is 15.3 Å². The third-order valence-electron chi connectivity index (χ3n) is 6.19. The molecule has 12 nitrogen and oxygen atoms in total. The molecule has 4 aliphatic rings. The average Bonchev–Trinajstić information content (AvgIpc) is 2.74. The highest BCUT2D eigenvalue weighted by Gasteiger charge is 2.81. The zero-order valence-corrected chi connectivity index (χ0v) is 14.8. The summed E-state index contributed by atoms with van der Waals surface area (Å²) in [7, 11) is -3.38. The van der Waals surface area contributed by atoms with Crippen LogP contribution in [0.1, 0.15) is 13.8 Å². The minimum Gasteiger partial charge on any atom is -0.325 e. The molecule has 1 aliphatic carbocycles. The van der Waals surface area contributed by atoms with Crippen molar-refractivity contribution in [2.75, 3.05) is 13.1 Å². The SMILES string of the molecule is CC12C(=O)NC(=O)N3CC(OO[PH](=O)O)CN4C(=O)NC(=O)C1(C)C4C32. The molecule has 0 bridgehead atoms. The smallest absolute Gasteiger partial charge is 0.325 e. The van der Waals surface area contributed by atoms with Gasteiger partial charge in [0.25, 0.3) is 0 Å². The minimum atomic E-state index is -3.38. The molecule has 0 aromatic carbocycles. The number of nitrogens with one attached hydrogen (secondary N) is 2. The van der Waals surface area contributed by atoms with E-state index in [-0.39, 0.29) is 13.1 Å². The Kier molecular flexibility index (Phi) is 3.52.